The van der Waals surface area contributed by atoms with Gasteiger partial charge in [-0.25, -0.2) is 0 Å². The molecule has 0 radical (unpaired) electrons. The molecule has 2 aromatic carbocycles. The van der Waals surface area contributed by atoms with Gasteiger partial charge in [0.05, 0.1) is 19.3 Å². The van der Waals surface area contributed by atoms with Gasteiger partial charge in [0.1, 0.15) is 0 Å². The van der Waals surface area contributed by atoms with E-state index in [1.807, 2.05) is 18.2 Å². The fourth-order valence-electron chi connectivity index (χ4n) is 2.37. The molecule has 1 N–H and O–H groups in total. The summed E-state index contributed by atoms with van der Waals surface area (Å²) in [6.45, 7) is 6.60. The van der Waals surface area contributed by atoms with E-state index in [-0.39, 0.29) is 6.04 Å². The second-order valence-electron chi connectivity index (χ2n) is 5.21. The molecule has 21 heavy (non-hydrogen) atoms. The molecule has 0 bridgehead atoms. The number of rotatable bonds is 8. The van der Waals surface area contributed by atoms with Gasteiger partial charge in [0.25, 0.3) is 0 Å². The van der Waals surface area contributed by atoms with Crippen LogP contribution in [0.2, 0.25) is 0 Å². The first kappa shape index (κ1) is 15.7. The van der Waals surface area contributed by atoms with Gasteiger partial charge in [0.15, 0.2) is 0 Å². The molecule has 0 fully saturated rings. The zero-order chi connectivity index (χ0) is 14.9. The van der Waals surface area contributed by atoms with Crippen molar-refractivity contribution in [1.82, 2.24) is 5.32 Å². The molecule has 1 atom stereocenters. The van der Waals surface area contributed by atoms with Crippen molar-refractivity contribution < 1.29 is 4.74 Å². The highest BCUT2D eigenvalue weighted by Crippen LogP contribution is 2.15. The zero-order valence-corrected chi connectivity index (χ0v) is 13.0. The summed E-state index contributed by atoms with van der Waals surface area (Å²) in [6, 6.07) is 19.4. The lowest BCUT2D eigenvalue weighted by molar-refractivity contribution is 0.0990. The van der Waals surface area contributed by atoms with Gasteiger partial charge in [0.2, 0.25) is 0 Å². The largest absolute Gasteiger partial charge is 0.375 e. The Morgan fingerprint density at radius 1 is 0.905 bits per heavy atom. The third-order valence-corrected chi connectivity index (χ3v) is 3.64. The zero-order valence-electron chi connectivity index (χ0n) is 13.0. The van der Waals surface area contributed by atoms with Crippen molar-refractivity contribution in [3.8, 4) is 0 Å². The van der Waals surface area contributed by atoms with E-state index in [4.69, 9.17) is 4.74 Å². The number of benzene rings is 2. The number of likely N-dealkylation sites (N-methyl/N-ethyl adjacent to an activating group) is 1. The summed E-state index contributed by atoms with van der Waals surface area (Å²) >= 11 is 0. The minimum absolute atomic E-state index is 0.254. The van der Waals surface area contributed by atoms with E-state index in [0.29, 0.717) is 13.2 Å². The Hall–Kier alpha value is -1.64. The SMILES string of the molecule is CCNC(COCc1ccccc1)c1ccc(CC)cc1. The van der Waals surface area contributed by atoms with Crippen molar-refractivity contribution >= 4 is 0 Å². The highest BCUT2D eigenvalue weighted by molar-refractivity contribution is 5.25. The highest BCUT2D eigenvalue weighted by atomic mass is 16.5. The molecule has 0 aliphatic heterocycles. The van der Waals surface area contributed by atoms with Crippen molar-refractivity contribution in [2.24, 2.45) is 0 Å². The van der Waals surface area contributed by atoms with Crippen LogP contribution < -0.4 is 5.32 Å². The van der Waals surface area contributed by atoms with Gasteiger partial charge in [-0.1, -0.05) is 68.4 Å². The fourth-order valence-corrected chi connectivity index (χ4v) is 2.37. The Morgan fingerprint density at radius 3 is 2.24 bits per heavy atom. The predicted octanol–water partition coefficient (Wildman–Crippen LogP) is 4.12. The van der Waals surface area contributed by atoms with Crippen molar-refractivity contribution in [1.29, 1.82) is 0 Å². The van der Waals surface area contributed by atoms with Crippen LogP contribution in [0, 0.1) is 0 Å². The van der Waals surface area contributed by atoms with E-state index in [1.165, 1.54) is 16.7 Å². The van der Waals surface area contributed by atoms with E-state index in [9.17, 15) is 0 Å². The highest BCUT2D eigenvalue weighted by Gasteiger charge is 2.10. The minimum Gasteiger partial charge on any atom is -0.375 e. The number of aryl methyl sites for hydroxylation is 1. The minimum atomic E-state index is 0.254. The van der Waals surface area contributed by atoms with Crippen LogP contribution in [0.25, 0.3) is 0 Å². The summed E-state index contributed by atoms with van der Waals surface area (Å²) in [6.07, 6.45) is 1.08. The van der Waals surface area contributed by atoms with Crippen molar-refractivity contribution in [3.05, 3.63) is 71.3 Å². The summed E-state index contributed by atoms with van der Waals surface area (Å²) in [4.78, 5) is 0. The lowest BCUT2D eigenvalue weighted by Gasteiger charge is -2.19. The first-order valence-electron chi connectivity index (χ1n) is 7.77. The van der Waals surface area contributed by atoms with Crippen LogP contribution in [0.1, 0.15) is 36.6 Å². The number of ether oxygens (including phenoxy) is 1. The van der Waals surface area contributed by atoms with Gasteiger partial charge in [-0.3, -0.25) is 0 Å². The molecule has 1 unspecified atom stereocenters. The predicted molar refractivity (Wildman–Crippen MR) is 88.3 cm³/mol. The van der Waals surface area contributed by atoms with Crippen LogP contribution in [0.5, 0.6) is 0 Å². The molecule has 0 saturated carbocycles. The molecule has 2 heteroatoms. The number of hydrogen-bond donors (Lipinski definition) is 1. The first-order valence-corrected chi connectivity index (χ1v) is 7.77. The molecule has 0 spiro atoms. The van der Waals surface area contributed by atoms with Gasteiger partial charge in [-0.15, -0.1) is 0 Å². The third-order valence-electron chi connectivity index (χ3n) is 3.64. The lowest BCUT2D eigenvalue weighted by Crippen LogP contribution is -2.25. The summed E-state index contributed by atoms with van der Waals surface area (Å²) in [5, 5.41) is 3.50. The maximum absolute atomic E-state index is 5.88. The van der Waals surface area contributed by atoms with E-state index in [2.05, 4.69) is 55.6 Å². The van der Waals surface area contributed by atoms with E-state index in [1.54, 1.807) is 0 Å². The molecule has 0 saturated heterocycles. The van der Waals surface area contributed by atoms with Crippen LogP contribution in [0.4, 0.5) is 0 Å². The van der Waals surface area contributed by atoms with Crippen LogP contribution in [0.3, 0.4) is 0 Å². The molecule has 0 aromatic heterocycles. The van der Waals surface area contributed by atoms with Crippen LogP contribution >= 0.6 is 0 Å². The smallest absolute Gasteiger partial charge is 0.0717 e. The Kier molecular flexibility index (Phi) is 6.45. The van der Waals surface area contributed by atoms with Crippen molar-refractivity contribution in [3.63, 3.8) is 0 Å². The topological polar surface area (TPSA) is 21.3 Å². The Balaban J connectivity index is 1.91. The average molecular weight is 283 g/mol. The fraction of sp³-hybridized carbons (Fsp3) is 0.368. The summed E-state index contributed by atoms with van der Waals surface area (Å²) in [5.74, 6) is 0. The summed E-state index contributed by atoms with van der Waals surface area (Å²) in [5.41, 5.74) is 3.88. The number of nitrogens with one attached hydrogen (secondary N) is 1. The van der Waals surface area contributed by atoms with Gasteiger partial charge in [0, 0.05) is 0 Å². The maximum Gasteiger partial charge on any atom is 0.0717 e. The Morgan fingerprint density at radius 2 is 1.62 bits per heavy atom. The lowest BCUT2D eigenvalue weighted by atomic mass is 10.0. The Bertz CT molecular complexity index is 507. The van der Waals surface area contributed by atoms with E-state index < -0.39 is 0 Å². The Labute approximate surface area is 128 Å². The molecule has 112 valence electrons. The molecular formula is C19H25NO. The number of hydrogen-bond acceptors (Lipinski definition) is 2. The van der Waals surface area contributed by atoms with Crippen LogP contribution in [0.15, 0.2) is 54.6 Å². The molecule has 0 amide bonds. The average Bonchev–Trinajstić information content (AvgIpc) is 2.55. The molecule has 0 aliphatic carbocycles. The van der Waals surface area contributed by atoms with Gasteiger partial charge in [-0.2, -0.15) is 0 Å². The second-order valence-corrected chi connectivity index (χ2v) is 5.21. The maximum atomic E-state index is 5.88. The normalized spacial score (nSPS) is 12.3. The molecule has 2 nitrogen and oxygen atoms in total. The molecule has 0 heterocycles. The molecule has 2 rings (SSSR count). The molecule has 0 aliphatic rings. The quantitative estimate of drug-likeness (QED) is 0.787. The third kappa shape index (κ3) is 5.00. The van der Waals surface area contributed by atoms with Gasteiger partial charge in [-0.05, 0) is 29.7 Å². The van der Waals surface area contributed by atoms with Crippen molar-refractivity contribution in [2.45, 2.75) is 32.9 Å². The van der Waals surface area contributed by atoms with Crippen LogP contribution in [-0.4, -0.2) is 13.2 Å². The standard InChI is InChI=1S/C19H25NO/c1-3-16-10-12-18(13-11-16)19(20-4-2)15-21-14-17-8-6-5-7-9-17/h5-13,19-20H,3-4,14-15H2,1-2H3. The van der Waals surface area contributed by atoms with Crippen molar-refractivity contribution in [2.75, 3.05) is 13.2 Å². The monoisotopic (exact) mass is 283 g/mol. The van der Waals surface area contributed by atoms with Gasteiger partial charge >= 0.3 is 0 Å². The van der Waals surface area contributed by atoms with E-state index >= 15 is 0 Å². The van der Waals surface area contributed by atoms with Crippen LogP contribution in [-0.2, 0) is 17.8 Å². The summed E-state index contributed by atoms with van der Waals surface area (Å²) < 4.78 is 5.88. The first-order chi connectivity index (χ1) is 10.3. The molecular weight excluding hydrogens is 258 g/mol. The molecule has 2 aromatic rings. The summed E-state index contributed by atoms with van der Waals surface area (Å²) in [7, 11) is 0. The van der Waals surface area contributed by atoms with Gasteiger partial charge < -0.3 is 10.1 Å². The van der Waals surface area contributed by atoms with E-state index in [0.717, 1.165) is 13.0 Å². The second kappa shape index (κ2) is 8.60.